The van der Waals surface area contributed by atoms with Crippen molar-refractivity contribution in [1.82, 2.24) is 0 Å². The first-order chi connectivity index (χ1) is 8.54. The first kappa shape index (κ1) is 13.0. The van der Waals surface area contributed by atoms with E-state index < -0.39 is 12.0 Å². The van der Waals surface area contributed by atoms with Crippen LogP contribution in [0.2, 0.25) is 5.02 Å². The Balaban J connectivity index is 2.41. The summed E-state index contributed by atoms with van der Waals surface area (Å²) in [5, 5.41) is 9.28. The molecule has 1 unspecified atom stereocenters. The molecule has 18 heavy (non-hydrogen) atoms. The fraction of sp³-hybridized carbons (Fsp3) is 0.417. The zero-order valence-corrected chi connectivity index (χ0v) is 10.7. The lowest BCUT2D eigenvalue weighted by Gasteiger charge is -2.14. The molecule has 0 radical (unpaired) electrons. The van der Waals surface area contributed by atoms with Crippen molar-refractivity contribution in [3.05, 3.63) is 22.2 Å². The van der Waals surface area contributed by atoms with E-state index in [0.717, 1.165) is 11.1 Å². The van der Waals surface area contributed by atoms with E-state index in [4.69, 9.17) is 31.9 Å². The highest BCUT2D eigenvalue weighted by Crippen LogP contribution is 2.43. The zero-order chi connectivity index (χ0) is 13.3. The standard InChI is InChI=1S/C12H14ClNO4/c1-2-7-6(4-9(14)12(15)16)3-8(13)11-10(7)17-5-18-11/h3,9H,2,4-5,14H2,1H3,(H,15,16). The number of carboxylic acids is 1. The van der Waals surface area contributed by atoms with E-state index in [9.17, 15) is 4.79 Å². The van der Waals surface area contributed by atoms with Gasteiger partial charge < -0.3 is 20.3 Å². The molecule has 0 saturated heterocycles. The number of rotatable bonds is 4. The molecular weight excluding hydrogens is 258 g/mol. The van der Waals surface area contributed by atoms with Crippen LogP contribution >= 0.6 is 11.6 Å². The molecule has 1 aromatic rings. The largest absolute Gasteiger partial charge is 0.480 e. The van der Waals surface area contributed by atoms with Crippen molar-refractivity contribution in [3.8, 4) is 11.5 Å². The molecule has 0 bridgehead atoms. The van der Waals surface area contributed by atoms with Crippen LogP contribution < -0.4 is 15.2 Å². The van der Waals surface area contributed by atoms with Gasteiger partial charge in [-0.05, 0) is 24.5 Å². The van der Waals surface area contributed by atoms with Crippen LogP contribution in [0, 0.1) is 0 Å². The Morgan fingerprint density at radius 1 is 1.56 bits per heavy atom. The topological polar surface area (TPSA) is 81.8 Å². The van der Waals surface area contributed by atoms with Crippen LogP contribution in [0.15, 0.2) is 6.07 Å². The number of nitrogens with two attached hydrogens (primary N) is 1. The normalized spacial score (nSPS) is 14.6. The fourth-order valence-corrected chi connectivity index (χ4v) is 2.30. The van der Waals surface area contributed by atoms with Crippen molar-refractivity contribution in [2.24, 2.45) is 5.73 Å². The SMILES string of the molecule is CCc1c(CC(N)C(=O)O)cc(Cl)c2c1OCO2. The summed E-state index contributed by atoms with van der Waals surface area (Å²) in [5.41, 5.74) is 7.25. The Hall–Kier alpha value is -1.46. The second kappa shape index (κ2) is 5.04. The third-order valence-corrected chi connectivity index (χ3v) is 3.18. The molecule has 3 N–H and O–H groups in total. The highest BCUT2D eigenvalue weighted by atomic mass is 35.5. The number of hydrogen-bond donors (Lipinski definition) is 2. The summed E-state index contributed by atoms with van der Waals surface area (Å²) in [6.07, 6.45) is 0.916. The van der Waals surface area contributed by atoms with Crippen molar-refractivity contribution >= 4 is 17.6 Å². The van der Waals surface area contributed by atoms with Crippen LogP contribution in [0.25, 0.3) is 0 Å². The maximum absolute atomic E-state index is 10.8. The number of halogens is 1. The lowest BCUT2D eigenvalue weighted by atomic mass is 9.97. The van der Waals surface area contributed by atoms with Gasteiger partial charge in [0.15, 0.2) is 11.5 Å². The average molecular weight is 272 g/mol. The Morgan fingerprint density at radius 3 is 2.83 bits per heavy atom. The maximum Gasteiger partial charge on any atom is 0.320 e. The van der Waals surface area contributed by atoms with Crippen molar-refractivity contribution in [2.45, 2.75) is 25.8 Å². The summed E-state index contributed by atoms with van der Waals surface area (Å²) in [4.78, 5) is 10.8. The van der Waals surface area contributed by atoms with Gasteiger partial charge in [0.2, 0.25) is 6.79 Å². The van der Waals surface area contributed by atoms with Crippen molar-refractivity contribution in [3.63, 3.8) is 0 Å². The lowest BCUT2D eigenvalue weighted by Crippen LogP contribution is -2.32. The predicted octanol–water partition coefficient (Wildman–Crippen LogP) is 1.59. The highest BCUT2D eigenvalue weighted by molar-refractivity contribution is 6.32. The summed E-state index contributed by atoms with van der Waals surface area (Å²) in [7, 11) is 0. The number of carbonyl (C=O) groups is 1. The van der Waals surface area contributed by atoms with Crippen molar-refractivity contribution < 1.29 is 19.4 Å². The highest BCUT2D eigenvalue weighted by Gasteiger charge is 2.25. The number of hydrogen-bond acceptors (Lipinski definition) is 4. The van der Waals surface area contributed by atoms with Crippen LogP contribution in [0.3, 0.4) is 0 Å². The van der Waals surface area contributed by atoms with Gasteiger partial charge in [-0.3, -0.25) is 4.79 Å². The summed E-state index contributed by atoms with van der Waals surface area (Å²) < 4.78 is 10.7. The average Bonchev–Trinajstić information content (AvgIpc) is 2.78. The molecule has 1 heterocycles. The van der Waals surface area contributed by atoms with Crippen LogP contribution in [-0.2, 0) is 17.6 Å². The molecule has 0 fully saturated rings. The van der Waals surface area contributed by atoms with Gasteiger partial charge in [-0.15, -0.1) is 0 Å². The summed E-state index contributed by atoms with van der Waals surface area (Å²) in [6, 6.07) is 0.753. The van der Waals surface area contributed by atoms with E-state index in [1.165, 1.54) is 0 Å². The summed E-state index contributed by atoms with van der Waals surface area (Å²) >= 11 is 6.07. The minimum absolute atomic E-state index is 0.135. The maximum atomic E-state index is 10.8. The summed E-state index contributed by atoms with van der Waals surface area (Å²) in [5.74, 6) is 0.101. The second-order valence-electron chi connectivity index (χ2n) is 4.06. The molecule has 5 nitrogen and oxygen atoms in total. The minimum Gasteiger partial charge on any atom is -0.480 e. The number of aliphatic carboxylic acids is 1. The minimum atomic E-state index is -1.04. The van der Waals surface area contributed by atoms with Gasteiger partial charge in [-0.2, -0.15) is 0 Å². The molecule has 0 spiro atoms. The van der Waals surface area contributed by atoms with Crippen molar-refractivity contribution in [2.75, 3.05) is 6.79 Å². The molecular formula is C12H14ClNO4. The Bertz CT molecular complexity index is 489. The van der Waals surface area contributed by atoms with Gasteiger partial charge in [0, 0.05) is 5.56 Å². The second-order valence-corrected chi connectivity index (χ2v) is 4.47. The van der Waals surface area contributed by atoms with E-state index in [1.807, 2.05) is 6.92 Å². The van der Waals surface area contributed by atoms with Crippen LogP contribution in [0.5, 0.6) is 11.5 Å². The number of fused-ring (bicyclic) bond motifs is 1. The Labute approximate surface area is 109 Å². The molecule has 6 heteroatoms. The molecule has 1 aromatic carbocycles. The van der Waals surface area contributed by atoms with Gasteiger partial charge in [-0.25, -0.2) is 0 Å². The summed E-state index contributed by atoms with van der Waals surface area (Å²) in [6.45, 7) is 2.09. The Morgan fingerprint density at radius 2 is 2.22 bits per heavy atom. The molecule has 98 valence electrons. The van der Waals surface area contributed by atoms with Crippen LogP contribution in [0.1, 0.15) is 18.1 Å². The van der Waals surface area contributed by atoms with E-state index in [-0.39, 0.29) is 13.2 Å². The molecule has 0 aromatic heterocycles. The van der Waals surface area contributed by atoms with Crippen LogP contribution in [0.4, 0.5) is 0 Å². The van der Waals surface area contributed by atoms with Gasteiger partial charge >= 0.3 is 5.97 Å². The van der Waals surface area contributed by atoms with Gasteiger partial charge in [0.05, 0.1) is 5.02 Å². The first-order valence-electron chi connectivity index (χ1n) is 5.62. The molecule has 2 rings (SSSR count). The van der Waals surface area contributed by atoms with E-state index in [2.05, 4.69) is 0 Å². The zero-order valence-electron chi connectivity index (χ0n) is 9.90. The third-order valence-electron chi connectivity index (χ3n) is 2.90. The van der Waals surface area contributed by atoms with E-state index in [0.29, 0.717) is 22.9 Å². The fourth-order valence-electron chi connectivity index (χ4n) is 2.03. The third kappa shape index (κ3) is 2.23. The molecule has 0 aliphatic carbocycles. The Kier molecular flexibility index (Phi) is 3.63. The lowest BCUT2D eigenvalue weighted by molar-refractivity contribution is -0.138. The first-order valence-corrected chi connectivity index (χ1v) is 6.00. The number of carboxylic acid groups (broad SMARTS) is 1. The number of ether oxygens (including phenoxy) is 2. The molecule has 1 aliphatic heterocycles. The van der Waals surface area contributed by atoms with Gasteiger partial charge in [-0.1, -0.05) is 18.5 Å². The van der Waals surface area contributed by atoms with E-state index >= 15 is 0 Å². The molecule has 1 aliphatic rings. The van der Waals surface area contributed by atoms with E-state index in [1.54, 1.807) is 6.07 Å². The quantitative estimate of drug-likeness (QED) is 0.869. The van der Waals surface area contributed by atoms with Gasteiger partial charge in [0.25, 0.3) is 0 Å². The van der Waals surface area contributed by atoms with Gasteiger partial charge in [0.1, 0.15) is 6.04 Å². The smallest absolute Gasteiger partial charge is 0.320 e. The molecule has 0 saturated carbocycles. The predicted molar refractivity (Wildman–Crippen MR) is 66.3 cm³/mol. The monoisotopic (exact) mass is 271 g/mol. The molecule has 0 amide bonds. The molecule has 1 atom stereocenters. The van der Waals surface area contributed by atoms with Crippen molar-refractivity contribution in [1.29, 1.82) is 0 Å². The number of benzene rings is 1. The van der Waals surface area contributed by atoms with Crippen LogP contribution in [-0.4, -0.2) is 23.9 Å².